The van der Waals surface area contributed by atoms with Crippen LogP contribution in [0.1, 0.15) is 406 Å². The first-order valence-corrected chi connectivity index (χ1v) is 49.5. The third-order valence-corrected chi connectivity index (χ3v) is 21.7. The summed E-state index contributed by atoms with van der Waals surface area (Å²) in [7, 11) is -9.79. The van der Waals surface area contributed by atoms with Gasteiger partial charge in [-0.1, -0.05) is 386 Å². The number of aliphatic hydroxyl groups excluding tert-OH is 2. The van der Waals surface area contributed by atoms with Crippen molar-refractivity contribution in [1.29, 1.82) is 0 Å². The molecule has 0 amide bonds. The number of esters is 3. The Hall–Kier alpha value is -4.31. The van der Waals surface area contributed by atoms with E-state index in [0.29, 0.717) is 19.3 Å². The van der Waals surface area contributed by atoms with Crippen molar-refractivity contribution in [3.8, 4) is 0 Å². The van der Waals surface area contributed by atoms with Crippen LogP contribution in [0.3, 0.4) is 0 Å². The van der Waals surface area contributed by atoms with Crippen molar-refractivity contribution in [3.63, 3.8) is 0 Å². The molecule has 0 aromatic rings. The average Bonchev–Trinajstić information content (AvgIpc) is 0.905. The molecule has 0 aliphatic carbocycles. The molecule has 0 radical (unpaired) electrons. The van der Waals surface area contributed by atoms with Crippen molar-refractivity contribution < 1.29 is 75.8 Å². The maximum absolute atomic E-state index is 13.0. The van der Waals surface area contributed by atoms with Gasteiger partial charge in [0.15, 0.2) is 6.10 Å². The zero-order valence-electron chi connectivity index (χ0n) is 73.2. The van der Waals surface area contributed by atoms with Crippen LogP contribution in [-0.2, 0) is 55.8 Å². The average molecular weight is 1650 g/mol. The summed E-state index contributed by atoms with van der Waals surface area (Å²) in [6.45, 7) is 2.49. The maximum Gasteiger partial charge on any atom is 0.472 e. The SMILES string of the molecule is CC/C=C\C/C=C\C/C=C\C/C=C\C/C=C\CCCCCCCCCCCCCCCCCCCCCC(=O)OCC(O)COP(=O)(O)OCC(O)COP(=O)(O)OCC(COC(=O)CCCCCCCCCCCCCCCCC/C=C\C/C=C\C/C=C\C/C=C\C/C=C\CC)OC(=O)CCCCCCC/C=C\CCCCCC. The van der Waals surface area contributed by atoms with Crippen LogP contribution in [0.15, 0.2) is 134 Å². The van der Waals surface area contributed by atoms with Crippen LogP contribution in [0, 0.1) is 0 Å². The van der Waals surface area contributed by atoms with Gasteiger partial charge in [0.2, 0.25) is 0 Å². The lowest BCUT2D eigenvalue weighted by Crippen LogP contribution is -2.30. The number of unbranched alkanes of at least 4 members (excludes halogenated alkanes) is 43. The molecule has 0 fully saturated rings. The lowest BCUT2D eigenvalue weighted by molar-refractivity contribution is -0.161. The van der Waals surface area contributed by atoms with Gasteiger partial charge in [-0.15, -0.1) is 0 Å². The fraction of sp³-hybridized carbons (Fsp3) is 0.742. The third-order valence-electron chi connectivity index (χ3n) is 19.8. The molecule has 4 N–H and O–H groups in total. The van der Waals surface area contributed by atoms with Crippen LogP contribution in [0.5, 0.6) is 0 Å². The summed E-state index contributed by atoms with van der Waals surface area (Å²) in [6.07, 6.45) is 111. The summed E-state index contributed by atoms with van der Waals surface area (Å²) in [5.74, 6) is -1.57. The van der Waals surface area contributed by atoms with Gasteiger partial charge in [0.05, 0.1) is 26.4 Å². The van der Waals surface area contributed by atoms with Gasteiger partial charge in [0.25, 0.3) is 0 Å². The van der Waals surface area contributed by atoms with E-state index in [2.05, 4.69) is 154 Å². The number of ether oxygens (including phenoxy) is 3. The van der Waals surface area contributed by atoms with E-state index >= 15 is 0 Å². The van der Waals surface area contributed by atoms with Crippen LogP contribution in [-0.4, -0.2) is 95.9 Å². The van der Waals surface area contributed by atoms with Crippen molar-refractivity contribution in [2.75, 3.05) is 39.6 Å². The molecule has 16 nitrogen and oxygen atoms in total. The predicted octanol–water partition coefficient (Wildman–Crippen LogP) is 28.6. The number of carbonyl (C=O) groups is 3. The van der Waals surface area contributed by atoms with E-state index in [1.165, 1.54) is 205 Å². The molecule has 18 heteroatoms. The minimum Gasteiger partial charge on any atom is -0.463 e. The molecule has 0 heterocycles. The monoisotopic (exact) mass is 1650 g/mol. The molecule has 0 aromatic carbocycles. The molecule has 0 aliphatic rings. The standard InChI is InChI=1S/C97H170O16P2/c1-4-7-10-13-16-19-22-25-27-29-31-33-35-37-39-41-43-44-45-46-48-50-51-53-55-57-59-61-63-66-68-71-74-77-80-83-95(100)107-86-92(98)87-109-114(103,104)110-88-93(99)89-111-115(105,106)112-91-94(113-97(102)85-82-79-76-73-70-65-24-21-18-15-12-9-6-3)90-108-96(101)84-81-78-75-72-69-67-64-62-60-58-56-54-52-49-47-42-40-38-36-34-32-30-28-26-23-20-17-14-11-8-5-2/h7-8,10-11,16-17,19-21,24-28,31-34,37-40,92-94,98-99H,4-6,9,12-15,18,22-23,29-30,35-36,41-91H2,1-3H3,(H,103,104)(H,105,106)/b10-7-,11-8-,19-16-,20-17-,24-21-,27-25-,28-26-,33-31-,34-32-,39-37-,40-38-. The van der Waals surface area contributed by atoms with Crippen LogP contribution in [0.25, 0.3) is 0 Å². The van der Waals surface area contributed by atoms with E-state index < -0.39 is 91.5 Å². The minimum atomic E-state index is -4.93. The Balaban J connectivity index is 4.36. The van der Waals surface area contributed by atoms with Crippen molar-refractivity contribution in [2.24, 2.45) is 0 Å². The molecule has 0 aromatic heterocycles. The van der Waals surface area contributed by atoms with Gasteiger partial charge >= 0.3 is 33.6 Å². The van der Waals surface area contributed by atoms with Crippen molar-refractivity contribution in [3.05, 3.63) is 134 Å². The van der Waals surface area contributed by atoms with Crippen LogP contribution < -0.4 is 0 Å². The highest BCUT2D eigenvalue weighted by Crippen LogP contribution is 2.45. The number of phosphoric acid groups is 2. The largest absolute Gasteiger partial charge is 0.472 e. The summed E-state index contributed by atoms with van der Waals surface area (Å²) in [5, 5.41) is 20.7. The van der Waals surface area contributed by atoms with Crippen LogP contribution >= 0.6 is 15.6 Å². The zero-order chi connectivity index (χ0) is 83.6. The fourth-order valence-corrected chi connectivity index (χ4v) is 14.4. The Morgan fingerprint density at radius 1 is 0.252 bits per heavy atom. The molecular formula is C97H170O16P2. The number of phosphoric ester groups is 2. The second-order valence-corrected chi connectivity index (χ2v) is 34.0. The summed E-state index contributed by atoms with van der Waals surface area (Å²) >= 11 is 0. The van der Waals surface area contributed by atoms with Gasteiger partial charge in [0, 0.05) is 19.3 Å². The Bertz CT molecular complexity index is 2620. The Morgan fingerprint density at radius 2 is 0.461 bits per heavy atom. The van der Waals surface area contributed by atoms with Gasteiger partial charge in [-0.25, -0.2) is 9.13 Å². The number of aliphatic hydroxyl groups is 2. The Morgan fingerprint density at radius 3 is 0.739 bits per heavy atom. The number of hydrogen-bond acceptors (Lipinski definition) is 14. The predicted molar refractivity (Wildman–Crippen MR) is 482 cm³/mol. The molecule has 0 rings (SSSR count). The van der Waals surface area contributed by atoms with Gasteiger partial charge in [-0.05, 0) is 135 Å². The van der Waals surface area contributed by atoms with Gasteiger partial charge < -0.3 is 34.2 Å². The smallest absolute Gasteiger partial charge is 0.463 e. The first-order chi connectivity index (χ1) is 56.2. The van der Waals surface area contributed by atoms with Crippen molar-refractivity contribution >= 4 is 33.6 Å². The highest BCUT2D eigenvalue weighted by molar-refractivity contribution is 7.47. The third kappa shape index (κ3) is 90.3. The van der Waals surface area contributed by atoms with Gasteiger partial charge in [0.1, 0.15) is 25.4 Å². The van der Waals surface area contributed by atoms with Crippen LogP contribution in [0.2, 0.25) is 0 Å². The highest BCUT2D eigenvalue weighted by atomic mass is 31.2. The molecule has 0 aliphatic heterocycles. The first-order valence-electron chi connectivity index (χ1n) is 46.5. The van der Waals surface area contributed by atoms with E-state index in [9.17, 15) is 43.5 Å². The van der Waals surface area contributed by atoms with E-state index in [-0.39, 0.29) is 19.3 Å². The summed E-state index contributed by atoms with van der Waals surface area (Å²) in [6, 6.07) is 0. The maximum atomic E-state index is 13.0. The molecule has 0 saturated carbocycles. The molecular weight excluding hydrogens is 1480 g/mol. The van der Waals surface area contributed by atoms with Gasteiger partial charge in [-0.3, -0.25) is 32.5 Å². The van der Waals surface area contributed by atoms with E-state index in [1.54, 1.807) is 0 Å². The minimum absolute atomic E-state index is 0.0955. The van der Waals surface area contributed by atoms with E-state index in [0.717, 1.165) is 141 Å². The molecule has 0 bridgehead atoms. The molecule has 0 spiro atoms. The topological polar surface area (TPSA) is 231 Å². The van der Waals surface area contributed by atoms with Gasteiger partial charge in [-0.2, -0.15) is 0 Å². The summed E-state index contributed by atoms with van der Waals surface area (Å²) in [4.78, 5) is 58.9. The fourth-order valence-electron chi connectivity index (χ4n) is 12.9. The lowest BCUT2D eigenvalue weighted by Gasteiger charge is -2.21. The number of carbonyl (C=O) groups excluding carboxylic acids is 3. The first kappa shape index (κ1) is 111. The van der Waals surface area contributed by atoms with Crippen LogP contribution in [0.4, 0.5) is 0 Å². The second kappa shape index (κ2) is 89.0. The number of hydrogen-bond donors (Lipinski definition) is 4. The molecule has 664 valence electrons. The summed E-state index contributed by atoms with van der Waals surface area (Å²) < 4.78 is 61.4. The molecule has 5 unspecified atom stereocenters. The highest BCUT2D eigenvalue weighted by Gasteiger charge is 2.29. The quantitative estimate of drug-likeness (QED) is 0.0146. The molecule has 115 heavy (non-hydrogen) atoms. The molecule has 5 atom stereocenters. The normalized spacial score (nSPS) is 14.4. The lowest BCUT2D eigenvalue weighted by atomic mass is 10.0. The Kier molecular flexibility index (Phi) is 85.6. The van der Waals surface area contributed by atoms with E-state index in [1.807, 2.05) is 0 Å². The van der Waals surface area contributed by atoms with Crippen molar-refractivity contribution in [2.45, 2.75) is 424 Å². The second-order valence-electron chi connectivity index (χ2n) is 31.0. The zero-order valence-corrected chi connectivity index (χ0v) is 75.0. The summed E-state index contributed by atoms with van der Waals surface area (Å²) in [5.41, 5.74) is 0. The Labute approximate surface area is 703 Å². The molecule has 0 saturated heterocycles. The van der Waals surface area contributed by atoms with Crippen molar-refractivity contribution in [1.82, 2.24) is 0 Å². The van der Waals surface area contributed by atoms with E-state index in [4.69, 9.17) is 32.3 Å². The number of allylic oxidation sites excluding steroid dienone is 22. The number of rotatable bonds is 88.